The summed E-state index contributed by atoms with van der Waals surface area (Å²) in [6.07, 6.45) is 0. The molecular formula is AlBiO3. The van der Waals surface area contributed by atoms with Crippen LogP contribution in [0.3, 0.4) is 0 Å². The van der Waals surface area contributed by atoms with E-state index in [1.807, 2.05) is 0 Å². The van der Waals surface area contributed by atoms with Gasteiger partial charge in [-0.25, -0.2) is 0 Å². The van der Waals surface area contributed by atoms with E-state index in [-0.39, 0.29) is 0 Å². The predicted octanol–water partition coefficient (Wildman–Crippen LogP) is -1.07. The summed E-state index contributed by atoms with van der Waals surface area (Å²) in [5.74, 6) is 0. The van der Waals surface area contributed by atoms with Crippen LogP contribution in [-0.2, 0) is 8.48 Å². The molecule has 0 atom stereocenters. The minimum absolute atomic E-state index is 1.20. The van der Waals surface area contributed by atoms with Crippen molar-refractivity contribution in [1.29, 1.82) is 0 Å². The van der Waals surface area contributed by atoms with Gasteiger partial charge < -0.3 is 0 Å². The van der Waals surface area contributed by atoms with E-state index < -0.39 is 39.2 Å². The van der Waals surface area contributed by atoms with Crippen LogP contribution in [-0.4, -0.2) is 39.2 Å². The fourth-order valence-electron chi connectivity index (χ4n) is 0.0176. The van der Waals surface area contributed by atoms with Gasteiger partial charge >= 0.3 is 47.6 Å². The monoisotopic (exact) mass is 284 g/mol. The van der Waals surface area contributed by atoms with E-state index in [1.165, 1.54) is 0 Å². The average molecular weight is 284 g/mol. The third-order valence-corrected chi connectivity index (χ3v) is 2.27. The van der Waals surface area contributed by atoms with E-state index >= 15 is 0 Å². The van der Waals surface area contributed by atoms with Gasteiger partial charge in [0, 0.05) is 0 Å². The van der Waals surface area contributed by atoms with Gasteiger partial charge in [0.15, 0.2) is 0 Å². The second-order valence-electron chi connectivity index (χ2n) is 0.276. The first-order valence-electron chi connectivity index (χ1n) is 0.837. The summed E-state index contributed by atoms with van der Waals surface area (Å²) in [7, 11) is 0. The Bertz CT molecular complexity index is 36.2. The Morgan fingerprint density at radius 1 is 1.80 bits per heavy atom. The van der Waals surface area contributed by atoms with Crippen LogP contribution in [0.1, 0.15) is 0 Å². The predicted molar refractivity (Wildman–Crippen MR) is 14.0 cm³/mol. The molecule has 0 spiro atoms. The zero-order valence-electron chi connectivity index (χ0n) is 2.25. The van der Waals surface area contributed by atoms with Gasteiger partial charge in [-0.05, 0) is 0 Å². The minimum atomic E-state index is -1.89. The van der Waals surface area contributed by atoms with Gasteiger partial charge in [0.05, 0.1) is 0 Å². The van der Waals surface area contributed by atoms with Crippen molar-refractivity contribution >= 4 is 39.2 Å². The summed E-state index contributed by atoms with van der Waals surface area (Å²) in [4.78, 5) is 0. The van der Waals surface area contributed by atoms with Crippen LogP contribution < -0.4 is 0 Å². The molecule has 0 radical (unpaired) electrons. The van der Waals surface area contributed by atoms with E-state index in [2.05, 4.69) is 1.86 Å². The van der Waals surface area contributed by atoms with Gasteiger partial charge in [-0.3, -0.25) is 0 Å². The Morgan fingerprint density at radius 3 is 2.40 bits per heavy atom. The number of rotatable bonds is 2. The first kappa shape index (κ1) is 5.82. The van der Waals surface area contributed by atoms with Crippen LogP contribution in [0, 0.1) is 0 Å². The fourth-order valence-corrected chi connectivity index (χ4v) is 0.462. The van der Waals surface area contributed by atoms with E-state index in [0.29, 0.717) is 0 Å². The quantitative estimate of drug-likeness (QED) is 0.607. The summed E-state index contributed by atoms with van der Waals surface area (Å²) < 4.78 is 22.5. The second-order valence-corrected chi connectivity index (χ2v) is 3.72. The maximum absolute atomic E-state index is 9.31. The molecule has 0 fully saturated rings. The summed E-state index contributed by atoms with van der Waals surface area (Å²) in [5, 5.41) is 0. The van der Waals surface area contributed by atoms with Crippen molar-refractivity contribution < 1.29 is 8.48 Å². The van der Waals surface area contributed by atoms with Gasteiger partial charge in [0.25, 0.3) is 0 Å². The first-order valence-corrected chi connectivity index (χ1v) is 4.62. The van der Waals surface area contributed by atoms with Crippen molar-refractivity contribution in [1.82, 2.24) is 0 Å². The van der Waals surface area contributed by atoms with E-state index in [0.717, 1.165) is 0 Å². The van der Waals surface area contributed by atoms with Crippen molar-refractivity contribution in [3.05, 3.63) is 0 Å². The zero-order chi connectivity index (χ0) is 4.12. The van der Waals surface area contributed by atoms with Crippen molar-refractivity contribution in [2.24, 2.45) is 0 Å². The van der Waals surface area contributed by atoms with E-state index in [1.54, 1.807) is 0 Å². The van der Waals surface area contributed by atoms with Gasteiger partial charge in [0.1, 0.15) is 0 Å². The van der Waals surface area contributed by atoms with Gasteiger partial charge in [-0.15, -0.1) is 0 Å². The molecule has 0 heterocycles. The van der Waals surface area contributed by atoms with Crippen molar-refractivity contribution in [3.8, 4) is 0 Å². The molecule has 0 aromatic carbocycles. The molecule has 0 bridgehead atoms. The first-order chi connectivity index (χ1) is 2.41. The number of hydrogen-bond acceptors (Lipinski definition) is 3. The molecule has 0 amide bonds. The molecule has 0 aromatic rings. The molecule has 5 heteroatoms. The van der Waals surface area contributed by atoms with Crippen LogP contribution in [0.5, 0.6) is 0 Å². The molecule has 3 nitrogen and oxygen atoms in total. The topological polar surface area (TPSA) is 43.4 Å². The average Bonchev–Trinajstić information content (AvgIpc) is 1.41. The molecular weight excluding hydrogens is 284 g/mol. The molecule has 0 unspecified atom stereocenters. The molecule has 26 valence electrons. The van der Waals surface area contributed by atoms with Crippen LogP contribution >= 0.6 is 0 Å². The summed E-state index contributed by atoms with van der Waals surface area (Å²) in [5.41, 5.74) is 0. The molecule has 0 aliphatic carbocycles. The molecule has 0 saturated heterocycles. The molecule has 0 aliphatic heterocycles. The zero-order valence-corrected chi connectivity index (χ0v) is 6.88. The van der Waals surface area contributed by atoms with Crippen LogP contribution in [0.2, 0.25) is 0 Å². The fraction of sp³-hybridized carbons (Fsp3) is 0. The molecule has 0 rings (SSSR count). The molecule has 0 aromatic heterocycles. The molecule has 0 saturated carbocycles. The van der Waals surface area contributed by atoms with Gasteiger partial charge in [-0.1, -0.05) is 0 Å². The normalized spacial score (nSPS) is 4.80. The SMILES string of the molecule is [O]=[Al][O][Bi]=[O]. The van der Waals surface area contributed by atoms with Gasteiger partial charge in [0.2, 0.25) is 0 Å². The summed E-state index contributed by atoms with van der Waals surface area (Å²) in [6.45, 7) is 0. The third kappa shape index (κ3) is 4.82. The second kappa shape index (κ2) is 4.82. The summed E-state index contributed by atoms with van der Waals surface area (Å²) in [6, 6.07) is 0. The third-order valence-electron chi connectivity index (χ3n) is 0.0861. The van der Waals surface area contributed by atoms with E-state index in [4.69, 9.17) is 0 Å². The Morgan fingerprint density at radius 2 is 2.40 bits per heavy atom. The standard InChI is InChI=1S/Al.Bi.3O. The molecule has 0 aliphatic rings. The van der Waals surface area contributed by atoms with E-state index in [9.17, 15) is 6.62 Å². The Kier molecular flexibility index (Phi) is 5.60. The Balaban J connectivity index is 2.65. The number of hydrogen-bond donors (Lipinski definition) is 0. The van der Waals surface area contributed by atoms with Crippen LogP contribution in [0.15, 0.2) is 0 Å². The maximum atomic E-state index is 9.31. The van der Waals surface area contributed by atoms with Crippen LogP contribution in [0.4, 0.5) is 0 Å². The molecule has 0 N–H and O–H groups in total. The molecule has 5 heavy (non-hydrogen) atoms. The Labute approximate surface area is 47.6 Å². The Hall–Kier alpha value is 0.816. The summed E-state index contributed by atoms with van der Waals surface area (Å²) >= 11 is -3.09. The van der Waals surface area contributed by atoms with Crippen LogP contribution in [0.25, 0.3) is 0 Å². The van der Waals surface area contributed by atoms with Crippen molar-refractivity contribution in [3.63, 3.8) is 0 Å². The van der Waals surface area contributed by atoms with Crippen molar-refractivity contribution in [2.45, 2.75) is 0 Å². The van der Waals surface area contributed by atoms with Crippen molar-refractivity contribution in [2.75, 3.05) is 0 Å². The van der Waals surface area contributed by atoms with Gasteiger partial charge in [-0.2, -0.15) is 0 Å².